The molecule has 0 atom stereocenters. The Balaban J connectivity index is 3.08. The molecule has 0 heterocycles. The fourth-order valence-electron chi connectivity index (χ4n) is 0.831. The number of aromatic hydroxyl groups is 1. The molecule has 0 aliphatic heterocycles. The van der Waals surface area contributed by atoms with E-state index in [9.17, 15) is 0 Å². The number of benzene rings is 1. The lowest BCUT2D eigenvalue weighted by Crippen LogP contribution is -1.97. The Labute approximate surface area is 68.5 Å². The minimum atomic E-state index is -1.75. The smallest absolute Gasteiger partial charge is 0.182 e. The van der Waals surface area contributed by atoms with Gasteiger partial charge in [-0.05, 0) is 18.2 Å². The van der Waals surface area contributed by atoms with Crippen molar-refractivity contribution in [3.8, 4) is 5.75 Å². The van der Waals surface area contributed by atoms with Crippen LogP contribution < -0.4 is 5.48 Å². The molecule has 0 fully saturated rings. The fraction of sp³-hybridized carbons (Fsp3) is 0.143. The molecular weight excluding hydrogens is 162 g/mol. The maximum Gasteiger partial charge on any atom is 0.182 e. The number of anilines is 1. The number of hydrogen-bond donors (Lipinski definition) is 5. The van der Waals surface area contributed by atoms with Gasteiger partial charge in [-0.1, -0.05) is 0 Å². The first-order valence-corrected chi connectivity index (χ1v) is 3.24. The van der Waals surface area contributed by atoms with E-state index in [1.807, 2.05) is 5.48 Å². The Morgan fingerprint density at radius 1 is 1.25 bits per heavy atom. The van der Waals surface area contributed by atoms with Gasteiger partial charge in [0.2, 0.25) is 0 Å². The van der Waals surface area contributed by atoms with Crippen LogP contribution in [-0.2, 0) is 0 Å². The highest BCUT2D eigenvalue weighted by Crippen LogP contribution is 2.25. The monoisotopic (exact) mass is 171 g/mol. The third-order valence-electron chi connectivity index (χ3n) is 1.43. The van der Waals surface area contributed by atoms with Gasteiger partial charge >= 0.3 is 0 Å². The zero-order chi connectivity index (χ0) is 9.14. The molecule has 0 aliphatic rings. The molecule has 0 radical (unpaired) electrons. The summed E-state index contributed by atoms with van der Waals surface area (Å²) in [5, 5.41) is 34.9. The molecular formula is C7H9NO4. The molecule has 5 nitrogen and oxygen atoms in total. The summed E-state index contributed by atoms with van der Waals surface area (Å²) in [6.45, 7) is 0. The van der Waals surface area contributed by atoms with Crippen LogP contribution in [0, 0.1) is 0 Å². The number of rotatable bonds is 2. The second kappa shape index (κ2) is 3.40. The van der Waals surface area contributed by atoms with E-state index in [1.165, 1.54) is 18.2 Å². The maximum atomic E-state index is 9.07. The maximum absolute atomic E-state index is 9.07. The molecule has 1 aromatic carbocycles. The second-order valence-corrected chi connectivity index (χ2v) is 2.26. The van der Waals surface area contributed by atoms with E-state index in [0.29, 0.717) is 0 Å². The summed E-state index contributed by atoms with van der Waals surface area (Å²) in [6, 6.07) is 3.86. The van der Waals surface area contributed by atoms with E-state index in [1.54, 1.807) is 0 Å². The Morgan fingerprint density at radius 2 is 1.92 bits per heavy atom. The van der Waals surface area contributed by atoms with Crippen molar-refractivity contribution in [2.45, 2.75) is 6.29 Å². The van der Waals surface area contributed by atoms with Gasteiger partial charge < -0.3 is 15.3 Å². The van der Waals surface area contributed by atoms with Gasteiger partial charge in [-0.2, -0.15) is 0 Å². The predicted octanol–water partition coefficient (Wildman–Crippen LogP) is 0.176. The summed E-state index contributed by atoms with van der Waals surface area (Å²) in [5.74, 6) is -0.232. The van der Waals surface area contributed by atoms with Crippen molar-refractivity contribution in [1.82, 2.24) is 0 Å². The number of phenols is 1. The average Bonchev–Trinajstić information content (AvgIpc) is 2.05. The van der Waals surface area contributed by atoms with Gasteiger partial charge in [0.1, 0.15) is 5.75 Å². The highest BCUT2D eigenvalue weighted by atomic mass is 16.5. The zero-order valence-electron chi connectivity index (χ0n) is 6.10. The summed E-state index contributed by atoms with van der Waals surface area (Å²) in [6.07, 6.45) is -1.75. The van der Waals surface area contributed by atoms with E-state index in [0.717, 1.165) is 0 Å². The van der Waals surface area contributed by atoms with Gasteiger partial charge in [0.25, 0.3) is 0 Å². The Hall–Kier alpha value is -1.30. The first kappa shape index (κ1) is 8.79. The number of hydrogen-bond acceptors (Lipinski definition) is 5. The number of phenolic OH excluding ortho intramolecular Hbond substituents is 1. The molecule has 0 spiro atoms. The van der Waals surface area contributed by atoms with Crippen LogP contribution in [0.4, 0.5) is 5.69 Å². The molecule has 1 aromatic rings. The average molecular weight is 171 g/mol. The molecule has 0 aliphatic carbocycles. The molecule has 0 unspecified atom stereocenters. The van der Waals surface area contributed by atoms with E-state index in [-0.39, 0.29) is 17.0 Å². The molecule has 0 bridgehead atoms. The molecule has 66 valence electrons. The topological polar surface area (TPSA) is 93.0 Å². The standard InChI is InChI=1S/C7H9NO4/c9-6-2-1-4(8-12)3-5(6)7(10)11/h1-3,7-12H. The summed E-state index contributed by atoms with van der Waals surface area (Å²) in [7, 11) is 0. The fourth-order valence-corrected chi connectivity index (χ4v) is 0.831. The first-order valence-electron chi connectivity index (χ1n) is 3.24. The third kappa shape index (κ3) is 1.65. The van der Waals surface area contributed by atoms with Gasteiger partial charge in [0.15, 0.2) is 6.29 Å². The summed E-state index contributed by atoms with van der Waals surface area (Å²) >= 11 is 0. The van der Waals surface area contributed by atoms with Crippen molar-refractivity contribution < 1.29 is 20.5 Å². The first-order chi connectivity index (χ1) is 5.65. The Bertz CT molecular complexity index is 274. The van der Waals surface area contributed by atoms with E-state index in [2.05, 4.69) is 0 Å². The van der Waals surface area contributed by atoms with Crippen LogP contribution in [0.3, 0.4) is 0 Å². The van der Waals surface area contributed by atoms with Gasteiger partial charge in [-0.25, -0.2) is 0 Å². The lowest BCUT2D eigenvalue weighted by molar-refractivity contribution is -0.0438. The minimum Gasteiger partial charge on any atom is -0.507 e. The van der Waals surface area contributed by atoms with Crippen molar-refractivity contribution in [3.05, 3.63) is 23.8 Å². The normalized spacial score (nSPS) is 10.3. The summed E-state index contributed by atoms with van der Waals surface area (Å²) in [4.78, 5) is 0. The van der Waals surface area contributed by atoms with E-state index < -0.39 is 6.29 Å². The SMILES string of the molecule is ONc1ccc(O)c(C(O)O)c1. The van der Waals surface area contributed by atoms with Crippen molar-refractivity contribution in [3.63, 3.8) is 0 Å². The molecule has 0 saturated heterocycles. The predicted molar refractivity (Wildman–Crippen MR) is 40.7 cm³/mol. The van der Waals surface area contributed by atoms with Gasteiger partial charge in [0, 0.05) is 0 Å². The third-order valence-corrected chi connectivity index (χ3v) is 1.43. The summed E-state index contributed by atoms with van der Waals surface area (Å²) in [5.41, 5.74) is 2.03. The molecule has 1 rings (SSSR count). The highest BCUT2D eigenvalue weighted by Gasteiger charge is 2.08. The largest absolute Gasteiger partial charge is 0.507 e. The Kier molecular flexibility index (Phi) is 2.49. The van der Waals surface area contributed by atoms with Crippen LogP contribution in [0.1, 0.15) is 11.9 Å². The number of aliphatic hydroxyl groups excluding tert-OH is 1. The Morgan fingerprint density at radius 3 is 2.42 bits per heavy atom. The van der Waals surface area contributed by atoms with Crippen molar-refractivity contribution >= 4 is 5.69 Å². The van der Waals surface area contributed by atoms with Crippen molar-refractivity contribution in [1.29, 1.82) is 0 Å². The molecule has 0 aromatic heterocycles. The molecule has 5 heteroatoms. The molecule has 0 saturated carbocycles. The van der Waals surface area contributed by atoms with Crippen molar-refractivity contribution in [2.75, 3.05) is 5.48 Å². The lowest BCUT2D eigenvalue weighted by atomic mass is 10.2. The van der Waals surface area contributed by atoms with Crippen molar-refractivity contribution in [2.24, 2.45) is 0 Å². The van der Waals surface area contributed by atoms with Gasteiger partial charge in [0.05, 0.1) is 11.3 Å². The highest BCUT2D eigenvalue weighted by molar-refractivity contribution is 5.49. The van der Waals surface area contributed by atoms with Crippen LogP contribution >= 0.6 is 0 Å². The van der Waals surface area contributed by atoms with Gasteiger partial charge in [-0.3, -0.25) is 10.7 Å². The number of nitrogens with one attached hydrogen (secondary N) is 1. The molecule has 5 N–H and O–H groups in total. The number of aliphatic hydroxyl groups is 2. The van der Waals surface area contributed by atoms with Crippen LogP contribution in [-0.4, -0.2) is 20.5 Å². The van der Waals surface area contributed by atoms with Crippen LogP contribution in [0.25, 0.3) is 0 Å². The van der Waals surface area contributed by atoms with Crippen LogP contribution in [0.2, 0.25) is 0 Å². The minimum absolute atomic E-state index is 0.0611. The van der Waals surface area contributed by atoms with E-state index >= 15 is 0 Å². The zero-order valence-corrected chi connectivity index (χ0v) is 6.10. The summed E-state index contributed by atoms with van der Waals surface area (Å²) < 4.78 is 0. The quantitative estimate of drug-likeness (QED) is 0.248. The second-order valence-electron chi connectivity index (χ2n) is 2.26. The van der Waals surface area contributed by atoms with Crippen LogP contribution in [0.15, 0.2) is 18.2 Å². The van der Waals surface area contributed by atoms with Gasteiger partial charge in [-0.15, -0.1) is 0 Å². The van der Waals surface area contributed by atoms with Crippen LogP contribution in [0.5, 0.6) is 5.75 Å². The lowest BCUT2D eigenvalue weighted by Gasteiger charge is -2.07. The van der Waals surface area contributed by atoms with E-state index in [4.69, 9.17) is 20.5 Å². The molecule has 0 amide bonds. The molecule has 12 heavy (non-hydrogen) atoms.